The summed E-state index contributed by atoms with van der Waals surface area (Å²) < 4.78 is 5.06. The highest BCUT2D eigenvalue weighted by molar-refractivity contribution is 5.86. The molecule has 0 aromatic rings. The third-order valence-electron chi connectivity index (χ3n) is 2.74. The molecular formula is C13H24N2O5. The van der Waals surface area contributed by atoms with Crippen LogP contribution in [0.25, 0.3) is 0 Å². The lowest BCUT2D eigenvalue weighted by molar-refractivity contribution is -0.145. The van der Waals surface area contributed by atoms with Gasteiger partial charge in [-0.25, -0.2) is 0 Å². The van der Waals surface area contributed by atoms with Crippen molar-refractivity contribution < 1.29 is 24.2 Å². The van der Waals surface area contributed by atoms with Crippen LogP contribution in [0, 0.1) is 5.92 Å². The van der Waals surface area contributed by atoms with Gasteiger partial charge in [0.05, 0.1) is 18.5 Å². The fourth-order valence-corrected chi connectivity index (χ4v) is 1.43. The monoisotopic (exact) mass is 288 g/mol. The van der Waals surface area contributed by atoms with Crippen LogP contribution in [0.1, 0.15) is 40.0 Å². The Balaban J connectivity index is 4.36. The molecule has 7 heteroatoms. The van der Waals surface area contributed by atoms with Gasteiger partial charge in [0.15, 0.2) is 0 Å². The molecule has 0 rings (SSSR count). The first-order valence-corrected chi connectivity index (χ1v) is 6.71. The molecule has 0 heterocycles. The van der Waals surface area contributed by atoms with E-state index in [0.29, 0.717) is 12.8 Å². The summed E-state index contributed by atoms with van der Waals surface area (Å²) in [6.45, 7) is 5.65. The lowest BCUT2D eigenvalue weighted by atomic mass is 10.0. The summed E-state index contributed by atoms with van der Waals surface area (Å²) in [5.74, 6) is -1.98. The van der Waals surface area contributed by atoms with Crippen molar-refractivity contribution >= 4 is 17.8 Å². The van der Waals surface area contributed by atoms with Crippen molar-refractivity contribution in [1.82, 2.24) is 5.32 Å². The van der Waals surface area contributed by atoms with Gasteiger partial charge in [-0.3, -0.25) is 14.4 Å². The fourth-order valence-electron chi connectivity index (χ4n) is 1.43. The van der Waals surface area contributed by atoms with Crippen LogP contribution in [0.15, 0.2) is 0 Å². The van der Waals surface area contributed by atoms with Crippen LogP contribution in [0.5, 0.6) is 0 Å². The number of amides is 1. The van der Waals surface area contributed by atoms with E-state index in [1.165, 1.54) is 0 Å². The number of nitrogens with one attached hydrogen (secondary N) is 1. The van der Waals surface area contributed by atoms with Crippen molar-refractivity contribution in [3.05, 3.63) is 0 Å². The van der Waals surface area contributed by atoms with Gasteiger partial charge >= 0.3 is 11.9 Å². The number of nitrogens with two attached hydrogens (primary N) is 1. The summed E-state index contributed by atoms with van der Waals surface area (Å²) in [5, 5.41) is 11.2. The van der Waals surface area contributed by atoms with Crippen molar-refractivity contribution in [2.24, 2.45) is 11.7 Å². The first kappa shape index (κ1) is 18.4. The third kappa shape index (κ3) is 7.73. The van der Waals surface area contributed by atoms with Gasteiger partial charge < -0.3 is 20.9 Å². The van der Waals surface area contributed by atoms with Gasteiger partial charge in [0, 0.05) is 6.42 Å². The van der Waals surface area contributed by atoms with Gasteiger partial charge in [0.25, 0.3) is 0 Å². The highest BCUT2D eigenvalue weighted by Gasteiger charge is 2.23. The van der Waals surface area contributed by atoms with Crippen LogP contribution in [-0.4, -0.2) is 41.6 Å². The Morgan fingerprint density at radius 3 is 2.35 bits per heavy atom. The van der Waals surface area contributed by atoms with Crippen LogP contribution in [0.4, 0.5) is 0 Å². The molecule has 0 fully saturated rings. The van der Waals surface area contributed by atoms with Gasteiger partial charge in [-0.05, 0) is 12.3 Å². The maximum atomic E-state index is 11.7. The van der Waals surface area contributed by atoms with Gasteiger partial charge in [0.2, 0.25) is 5.91 Å². The first-order chi connectivity index (χ1) is 9.27. The second kappa shape index (κ2) is 9.30. The average molecular weight is 288 g/mol. The summed E-state index contributed by atoms with van der Waals surface area (Å²) in [5.41, 5.74) is 5.47. The molecule has 0 bridgehead atoms. The molecule has 4 N–H and O–H groups in total. The van der Waals surface area contributed by atoms with E-state index in [1.807, 2.05) is 20.8 Å². The van der Waals surface area contributed by atoms with E-state index in [9.17, 15) is 14.4 Å². The van der Waals surface area contributed by atoms with E-state index in [-0.39, 0.29) is 24.5 Å². The number of carboxylic acid groups (broad SMARTS) is 1. The summed E-state index contributed by atoms with van der Waals surface area (Å²) >= 11 is 0. The fraction of sp³-hybridized carbons (Fsp3) is 0.769. The van der Waals surface area contributed by atoms with Crippen molar-refractivity contribution in [3.8, 4) is 0 Å². The molecule has 116 valence electrons. The molecule has 0 aromatic carbocycles. The number of esters is 1. The molecule has 0 saturated carbocycles. The molecule has 1 amide bonds. The van der Waals surface area contributed by atoms with Gasteiger partial charge in [-0.2, -0.15) is 0 Å². The smallest absolute Gasteiger partial charge is 0.305 e. The SMILES string of the molecule is CCCC(=O)OCC(NC(=O)C(N)CC(=O)O)C(C)C. The largest absolute Gasteiger partial charge is 0.481 e. The van der Waals surface area contributed by atoms with Crippen LogP contribution in [-0.2, 0) is 19.1 Å². The second-order valence-electron chi connectivity index (χ2n) is 5.00. The van der Waals surface area contributed by atoms with E-state index in [2.05, 4.69) is 5.32 Å². The van der Waals surface area contributed by atoms with Crippen LogP contribution >= 0.6 is 0 Å². The van der Waals surface area contributed by atoms with Gasteiger partial charge in [-0.15, -0.1) is 0 Å². The molecule has 20 heavy (non-hydrogen) atoms. The predicted molar refractivity (Wildman–Crippen MR) is 72.9 cm³/mol. The van der Waals surface area contributed by atoms with Crippen LogP contribution in [0.3, 0.4) is 0 Å². The lowest BCUT2D eigenvalue weighted by Crippen LogP contribution is -2.49. The highest BCUT2D eigenvalue weighted by atomic mass is 16.5. The lowest BCUT2D eigenvalue weighted by Gasteiger charge is -2.23. The summed E-state index contributed by atoms with van der Waals surface area (Å²) in [6, 6.07) is -1.50. The number of hydrogen-bond acceptors (Lipinski definition) is 5. The molecule has 0 aliphatic carbocycles. The Hall–Kier alpha value is -1.63. The summed E-state index contributed by atoms with van der Waals surface area (Å²) in [6.07, 6.45) is 0.588. The van der Waals surface area contributed by atoms with Gasteiger partial charge in [0.1, 0.15) is 6.61 Å². The van der Waals surface area contributed by atoms with E-state index in [4.69, 9.17) is 15.6 Å². The van der Waals surface area contributed by atoms with Crippen molar-refractivity contribution in [2.45, 2.75) is 52.1 Å². The topological polar surface area (TPSA) is 119 Å². The molecule has 0 radical (unpaired) electrons. The van der Waals surface area contributed by atoms with Crippen LogP contribution in [0.2, 0.25) is 0 Å². The maximum absolute atomic E-state index is 11.7. The Kier molecular flexibility index (Phi) is 8.54. The van der Waals surface area contributed by atoms with Crippen LogP contribution < -0.4 is 11.1 Å². The number of aliphatic carboxylic acids is 1. The Labute approximate surface area is 118 Å². The third-order valence-corrected chi connectivity index (χ3v) is 2.74. The number of carbonyl (C=O) groups is 3. The quantitative estimate of drug-likeness (QED) is 0.524. The number of ether oxygens (including phenoxy) is 1. The van der Waals surface area contributed by atoms with E-state index < -0.39 is 24.3 Å². The zero-order chi connectivity index (χ0) is 15.7. The first-order valence-electron chi connectivity index (χ1n) is 6.71. The summed E-state index contributed by atoms with van der Waals surface area (Å²) in [4.78, 5) is 33.5. The second-order valence-corrected chi connectivity index (χ2v) is 5.00. The Morgan fingerprint density at radius 2 is 1.90 bits per heavy atom. The highest BCUT2D eigenvalue weighted by Crippen LogP contribution is 2.04. The van der Waals surface area contributed by atoms with Crippen molar-refractivity contribution in [2.75, 3.05) is 6.61 Å². The molecule has 0 aliphatic heterocycles. The number of carbonyl (C=O) groups excluding carboxylic acids is 2. The predicted octanol–water partition coefficient (Wildman–Crippen LogP) is 0.273. The zero-order valence-corrected chi connectivity index (χ0v) is 12.2. The molecule has 0 aliphatic rings. The van der Waals surface area contributed by atoms with E-state index >= 15 is 0 Å². The molecule has 0 spiro atoms. The molecule has 0 saturated heterocycles. The standard InChI is InChI=1S/C13H24N2O5/c1-4-5-12(18)20-7-10(8(2)3)15-13(19)9(14)6-11(16)17/h8-10H,4-7,14H2,1-3H3,(H,15,19)(H,16,17). The molecule has 0 aromatic heterocycles. The summed E-state index contributed by atoms with van der Waals surface area (Å²) in [7, 11) is 0. The minimum absolute atomic E-state index is 0.0328. The number of carboxylic acids is 1. The normalized spacial score (nSPS) is 13.7. The van der Waals surface area contributed by atoms with E-state index in [1.54, 1.807) is 0 Å². The number of hydrogen-bond donors (Lipinski definition) is 3. The van der Waals surface area contributed by atoms with E-state index in [0.717, 1.165) is 0 Å². The Morgan fingerprint density at radius 1 is 1.30 bits per heavy atom. The molecular weight excluding hydrogens is 264 g/mol. The average Bonchev–Trinajstić information content (AvgIpc) is 2.33. The minimum atomic E-state index is -1.14. The van der Waals surface area contributed by atoms with Gasteiger partial charge in [-0.1, -0.05) is 20.8 Å². The Bertz CT molecular complexity index is 344. The maximum Gasteiger partial charge on any atom is 0.305 e. The van der Waals surface area contributed by atoms with Crippen molar-refractivity contribution in [3.63, 3.8) is 0 Å². The zero-order valence-electron chi connectivity index (χ0n) is 12.2. The molecule has 2 unspecified atom stereocenters. The molecule has 7 nitrogen and oxygen atoms in total. The molecule has 2 atom stereocenters. The number of rotatable bonds is 9. The van der Waals surface area contributed by atoms with Crippen molar-refractivity contribution in [1.29, 1.82) is 0 Å². The minimum Gasteiger partial charge on any atom is -0.481 e.